The van der Waals surface area contributed by atoms with Gasteiger partial charge in [-0.3, -0.25) is 9.78 Å². The van der Waals surface area contributed by atoms with Crippen molar-refractivity contribution in [2.24, 2.45) is 0 Å². The first kappa shape index (κ1) is 22.3. The molecule has 29 heavy (non-hydrogen) atoms. The quantitative estimate of drug-likeness (QED) is 0.684. The summed E-state index contributed by atoms with van der Waals surface area (Å²) in [6.45, 7) is 13.8. The third-order valence-electron chi connectivity index (χ3n) is 7.00. The molecule has 1 fully saturated rings. The Morgan fingerprint density at radius 2 is 1.97 bits per heavy atom. The molecule has 0 saturated carbocycles. The van der Waals surface area contributed by atoms with E-state index in [1.807, 2.05) is 6.92 Å². The molecule has 0 radical (unpaired) electrons. The van der Waals surface area contributed by atoms with Crippen molar-refractivity contribution in [3.63, 3.8) is 0 Å². The number of carbonyl (C=O) groups is 1. The highest BCUT2D eigenvalue weighted by Gasteiger charge is 2.56. The zero-order valence-corrected chi connectivity index (χ0v) is 19.2. The molecule has 2 aliphatic heterocycles. The Balaban J connectivity index is 1.98. The van der Waals surface area contributed by atoms with Crippen LogP contribution >= 0.6 is 0 Å². The molecule has 1 N–H and O–H groups in total. The molecule has 8 heteroatoms. The van der Waals surface area contributed by atoms with Crippen molar-refractivity contribution in [1.29, 1.82) is 0 Å². The summed E-state index contributed by atoms with van der Waals surface area (Å²) in [6.07, 6.45) is -1.81. The maximum Gasteiger partial charge on any atom is 0.280 e. The smallest absolute Gasteiger partial charge is 0.280 e. The van der Waals surface area contributed by atoms with Crippen molar-refractivity contribution in [2.75, 3.05) is 19.8 Å². The maximum absolute atomic E-state index is 13.4. The molecule has 162 valence electrons. The van der Waals surface area contributed by atoms with Crippen LogP contribution in [0.3, 0.4) is 0 Å². The van der Waals surface area contributed by atoms with Crippen LogP contribution in [0.5, 0.6) is 0 Å². The van der Waals surface area contributed by atoms with Crippen LogP contribution < -0.4 is 5.32 Å². The van der Waals surface area contributed by atoms with Crippen LogP contribution in [0.2, 0.25) is 18.1 Å². The normalized spacial score (nSPS) is 23.7. The van der Waals surface area contributed by atoms with Gasteiger partial charge in [-0.1, -0.05) is 33.8 Å². The lowest BCUT2D eigenvalue weighted by Gasteiger charge is -2.51. The second-order valence-corrected chi connectivity index (χ2v) is 14.6. The molecule has 1 saturated heterocycles. The average molecular weight is 427 g/mol. The molecule has 1 aromatic rings. The lowest BCUT2D eigenvalue weighted by molar-refractivity contribution is -0.144. The lowest BCUT2D eigenvalue weighted by atomic mass is 9.68. The van der Waals surface area contributed by atoms with E-state index in [-0.39, 0.29) is 16.6 Å². The summed E-state index contributed by atoms with van der Waals surface area (Å²) >= 11 is 0. The van der Waals surface area contributed by atoms with Crippen LogP contribution in [0.1, 0.15) is 63.9 Å². The number of fused-ring (bicyclic) bond motifs is 2. The molecule has 2 aliphatic rings. The van der Waals surface area contributed by atoms with Crippen LogP contribution in [-0.4, -0.2) is 39.0 Å². The highest BCUT2D eigenvalue weighted by atomic mass is 28.4. The van der Waals surface area contributed by atoms with Crippen LogP contribution in [0, 0.1) is 0 Å². The van der Waals surface area contributed by atoms with Gasteiger partial charge in [0.05, 0.1) is 24.3 Å². The Hall–Kier alpha value is -1.38. The summed E-state index contributed by atoms with van der Waals surface area (Å²) in [4.78, 5) is 17.6. The highest BCUT2D eigenvalue weighted by Crippen LogP contribution is 2.46. The van der Waals surface area contributed by atoms with E-state index >= 15 is 0 Å². The van der Waals surface area contributed by atoms with E-state index in [1.165, 1.54) is 6.07 Å². The molecule has 1 spiro atoms. The number of nitrogens with zero attached hydrogens (tertiary/aromatic N) is 1. The summed E-state index contributed by atoms with van der Waals surface area (Å²) in [7, 11) is -1.99. The molecule has 5 nitrogen and oxygen atoms in total. The minimum Gasteiger partial charge on any atom is -0.417 e. The average Bonchev–Trinajstić information content (AvgIpc) is 2.60. The van der Waals surface area contributed by atoms with Crippen LogP contribution in [0.25, 0.3) is 0 Å². The van der Waals surface area contributed by atoms with Gasteiger partial charge in [-0.05, 0) is 37.0 Å². The van der Waals surface area contributed by atoms with Crippen molar-refractivity contribution in [1.82, 2.24) is 10.3 Å². The number of aromatic nitrogens is 1. The number of amides is 1. The Morgan fingerprint density at radius 1 is 1.31 bits per heavy atom. The number of alkyl halides is 2. The predicted octanol–water partition coefficient (Wildman–Crippen LogP) is 4.43. The van der Waals surface area contributed by atoms with Gasteiger partial charge in [0.15, 0.2) is 8.32 Å². The van der Waals surface area contributed by atoms with Crippen molar-refractivity contribution in [3.8, 4) is 0 Å². The Labute approximate surface area is 172 Å². The van der Waals surface area contributed by atoms with Gasteiger partial charge < -0.3 is 14.5 Å². The Bertz CT molecular complexity index is 791. The van der Waals surface area contributed by atoms with Crippen molar-refractivity contribution >= 4 is 14.2 Å². The molecule has 0 aliphatic carbocycles. The van der Waals surface area contributed by atoms with E-state index < -0.39 is 25.7 Å². The first-order valence-electron chi connectivity index (χ1n) is 10.2. The summed E-state index contributed by atoms with van der Waals surface area (Å²) < 4.78 is 38.5. The van der Waals surface area contributed by atoms with Crippen LogP contribution in [-0.2, 0) is 24.9 Å². The van der Waals surface area contributed by atoms with E-state index in [9.17, 15) is 13.6 Å². The van der Waals surface area contributed by atoms with Gasteiger partial charge in [-0.15, -0.1) is 0 Å². The first-order valence-corrected chi connectivity index (χ1v) is 13.1. The zero-order chi connectivity index (χ0) is 21.7. The van der Waals surface area contributed by atoms with Gasteiger partial charge in [0.2, 0.25) is 5.91 Å². The fourth-order valence-electron chi connectivity index (χ4n) is 3.83. The van der Waals surface area contributed by atoms with Crippen molar-refractivity contribution in [2.45, 2.75) is 76.0 Å². The molecular formula is C21H32F2N2O3Si. The number of carbonyl (C=O) groups excluding carboxylic acids is 1. The topological polar surface area (TPSA) is 60.5 Å². The van der Waals surface area contributed by atoms with E-state index in [2.05, 4.69) is 44.2 Å². The van der Waals surface area contributed by atoms with Gasteiger partial charge in [0.25, 0.3) is 6.43 Å². The number of nitrogens with one attached hydrogen (secondary N) is 1. The molecule has 1 unspecified atom stereocenters. The van der Waals surface area contributed by atoms with E-state index in [0.29, 0.717) is 38.4 Å². The van der Waals surface area contributed by atoms with E-state index in [0.717, 1.165) is 5.56 Å². The molecule has 0 aromatic carbocycles. The highest BCUT2D eigenvalue weighted by molar-refractivity contribution is 6.74. The standard InChI is InChI=1S/C21H32F2N2O3Si/c1-7-20(10-11-28-29(5,6)19(2,3)4)16-14(8-9-15(24-16)17(22)23)21(12-27-13-21)25-18(20)26/h8-9,17H,7,10-13H2,1-6H3,(H,25,26). The van der Waals surface area contributed by atoms with Crippen LogP contribution in [0.4, 0.5) is 8.78 Å². The zero-order valence-electron chi connectivity index (χ0n) is 18.2. The van der Waals surface area contributed by atoms with Gasteiger partial charge >= 0.3 is 0 Å². The number of pyridine rings is 1. The maximum atomic E-state index is 13.4. The predicted molar refractivity (Wildman–Crippen MR) is 110 cm³/mol. The molecule has 1 amide bonds. The van der Waals surface area contributed by atoms with E-state index in [1.54, 1.807) is 6.07 Å². The molecule has 3 heterocycles. The first-order chi connectivity index (χ1) is 13.4. The molecule has 1 atom stereocenters. The largest absolute Gasteiger partial charge is 0.417 e. The monoisotopic (exact) mass is 426 g/mol. The fourth-order valence-corrected chi connectivity index (χ4v) is 4.87. The van der Waals surface area contributed by atoms with Crippen molar-refractivity contribution < 1.29 is 22.7 Å². The van der Waals surface area contributed by atoms with Crippen LogP contribution in [0.15, 0.2) is 12.1 Å². The summed E-state index contributed by atoms with van der Waals surface area (Å²) in [5.74, 6) is -0.173. The summed E-state index contributed by atoms with van der Waals surface area (Å²) in [5, 5.41) is 3.17. The second kappa shape index (κ2) is 7.39. The summed E-state index contributed by atoms with van der Waals surface area (Å²) in [6, 6.07) is 3.04. The third kappa shape index (κ3) is 3.63. The summed E-state index contributed by atoms with van der Waals surface area (Å²) in [5.41, 5.74) is -0.676. The molecule has 0 bridgehead atoms. The number of rotatable bonds is 6. The van der Waals surface area contributed by atoms with Gasteiger partial charge in [0, 0.05) is 12.2 Å². The third-order valence-corrected chi connectivity index (χ3v) is 11.5. The number of hydrogen-bond donors (Lipinski definition) is 1. The molecule has 1 aromatic heterocycles. The molecule has 3 rings (SSSR count). The fraction of sp³-hybridized carbons (Fsp3) is 0.714. The minimum absolute atomic E-state index is 0.0491. The number of hydrogen-bond acceptors (Lipinski definition) is 4. The van der Waals surface area contributed by atoms with Gasteiger partial charge in [-0.2, -0.15) is 0 Å². The Morgan fingerprint density at radius 3 is 2.45 bits per heavy atom. The van der Waals surface area contributed by atoms with Gasteiger partial charge in [-0.25, -0.2) is 8.78 Å². The number of ether oxygens (including phenoxy) is 1. The lowest BCUT2D eigenvalue weighted by Crippen LogP contribution is -2.67. The SMILES string of the molecule is CCC1(CCO[Si](C)(C)C(C)(C)C)C(=O)NC2(COC2)c2ccc(C(F)F)nc21. The second-order valence-electron chi connectivity index (χ2n) is 9.76. The van der Waals surface area contributed by atoms with Gasteiger partial charge in [0.1, 0.15) is 11.2 Å². The number of halogens is 2. The van der Waals surface area contributed by atoms with E-state index in [4.69, 9.17) is 9.16 Å². The Kier molecular flexibility index (Phi) is 5.68. The minimum atomic E-state index is -2.68. The van der Waals surface area contributed by atoms with Crippen molar-refractivity contribution in [3.05, 3.63) is 29.1 Å². The molecular weight excluding hydrogens is 394 g/mol.